The number of carbonyl (C=O) groups excluding carboxylic acids is 3. The Labute approximate surface area is 264 Å². The maximum atomic E-state index is 14.1. The number of urea groups is 1. The molecule has 4 amide bonds. The Morgan fingerprint density at radius 3 is 2.44 bits per heavy atom. The summed E-state index contributed by atoms with van der Waals surface area (Å²) in [5.41, 5.74) is 2.81. The van der Waals surface area contributed by atoms with Gasteiger partial charge >= 0.3 is 12.0 Å². The summed E-state index contributed by atoms with van der Waals surface area (Å²) in [5.74, 6) is 0.446. The number of hydrogen-bond donors (Lipinski definition) is 2. The van der Waals surface area contributed by atoms with Crippen LogP contribution in [0, 0.1) is 12.3 Å². The zero-order valence-corrected chi connectivity index (χ0v) is 25.4. The molecule has 2 aliphatic rings. The molecule has 0 saturated carbocycles. The number of piperazine rings is 1. The van der Waals surface area contributed by atoms with E-state index in [0.717, 1.165) is 16.7 Å². The summed E-state index contributed by atoms with van der Waals surface area (Å²) in [7, 11) is 0. The first-order chi connectivity index (χ1) is 21.8. The van der Waals surface area contributed by atoms with Crippen molar-refractivity contribution in [2.75, 3.05) is 26.2 Å². The highest BCUT2D eigenvalue weighted by Crippen LogP contribution is 2.32. The van der Waals surface area contributed by atoms with Crippen LogP contribution in [-0.2, 0) is 20.9 Å². The van der Waals surface area contributed by atoms with Gasteiger partial charge in [-0.1, -0.05) is 97.5 Å². The highest BCUT2D eigenvalue weighted by atomic mass is 16.4. The van der Waals surface area contributed by atoms with E-state index in [1.807, 2.05) is 85.8 Å². The van der Waals surface area contributed by atoms with Crippen LogP contribution in [-0.4, -0.2) is 87.1 Å². The lowest BCUT2D eigenvalue weighted by atomic mass is 9.89. The number of allylic oxidation sites excluding steroid dienone is 4. The highest BCUT2D eigenvalue weighted by Gasteiger charge is 2.51. The number of carboxylic acids is 1. The average Bonchev–Trinajstić information content (AvgIpc) is 3.04. The van der Waals surface area contributed by atoms with Gasteiger partial charge in [0.2, 0.25) is 11.8 Å². The molecule has 4 rings (SSSR count). The standard InChI is InChI=1S/C35H39N5O5/c1-4-7-16-27(6-3)29(28-17-12-9-13-18-28)23-37-24-31-39(30(34(37)44)19-20-33(42)43)32(41)25-38(21-5-2)40(31)35(45)36-22-26-14-10-8-11-15-26/h2,4,6-18,29-31H,1,19-25H2,3H3,(H,36,45)(H,42,43)/b16-7-,27-6+/t29?,30-,31-/m0/s1. The third kappa shape index (κ3) is 7.88. The molecular weight excluding hydrogens is 570 g/mol. The van der Waals surface area contributed by atoms with E-state index in [-0.39, 0.29) is 57.4 Å². The molecule has 0 spiro atoms. The van der Waals surface area contributed by atoms with E-state index >= 15 is 0 Å². The molecule has 2 saturated heterocycles. The molecule has 10 heteroatoms. The quantitative estimate of drug-likeness (QED) is 0.280. The van der Waals surface area contributed by atoms with E-state index < -0.39 is 30.1 Å². The number of terminal acetylenes is 1. The molecule has 2 aromatic carbocycles. The van der Waals surface area contributed by atoms with Crippen LogP contribution in [0.5, 0.6) is 0 Å². The molecule has 2 aromatic rings. The van der Waals surface area contributed by atoms with Gasteiger partial charge in [0.15, 0.2) is 0 Å². The summed E-state index contributed by atoms with van der Waals surface area (Å²) in [6.45, 7) is 5.95. The summed E-state index contributed by atoms with van der Waals surface area (Å²) < 4.78 is 0. The van der Waals surface area contributed by atoms with Crippen LogP contribution < -0.4 is 5.32 Å². The van der Waals surface area contributed by atoms with Gasteiger partial charge in [0.05, 0.1) is 19.6 Å². The first-order valence-corrected chi connectivity index (χ1v) is 14.9. The van der Waals surface area contributed by atoms with Gasteiger partial charge in [-0.3, -0.25) is 14.4 Å². The predicted molar refractivity (Wildman–Crippen MR) is 171 cm³/mol. The Bertz CT molecular complexity index is 1480. The van der Waals surface area contributed by atoms with Crippen molar-refractivity contribution < 1.29 is 24.3 Å². The van der Waals surface area contributed by atoms with Crippen molar-refractivity contribution in [1.82, 2.24) is 25.1 Å². The molecule has 45 heavy (non-hydrogen) atoms. The number of carbonyl (C=O) groups is 4. The molecule has 2 fully saturated rings. The molecule has 0 radical (unpaired) electrons. The zero-order valence-electron chi connectivity index (χ0n) is 25.4. The lowest BCUT2D eigenvalue weighted by Gasteiger charge is -2.55. The monoisotopic (exact) mass is 609 g/mol. The van der Waals surface area contributed by atoms with E-state index in [2.05, 4.69) is 17.8 Å². The fourth-order valence-electron chi connectivity index (χ4n) is 5.89. The Hall–Kier alpha value is -5.14. The van der Waals surface area contributed by atoms with E-state index in [1.54, 1.807) is 11.0 Å². The maximum Gasteiger partial charge on any atom is 0.334 e. The van der Waals surface area contributed by atoms with Crippen LogP contribution in [0.15, 0.2) is 97.1 Å². The van der Waals surface area contributed by atoms with Crippen LogP contribution in [0.3, 0.4) is 0 Å². The highest BCUT2D eigenvalue weighted by molar-refractivity contribution is 5.92. The number of aliphatic carboxylic acids is 1. The number of nitrogens with one attached hydrogen (secondary N) is 1. The van der Waals surface area contributed by atoms with Crippen molar-refractivity contribution in [1.29, 1.82) is 0 Å². The Morgan fingerprint density at radius 2 is 1.82 bits per heavy atom. The molecule has 2 aliphatic heterocycles. The van der Waals surface area contributed by atoms with Crippen molar-refractivity contribution in [3.05, 3.63) is 108 Å². The van der Waals surface area contributed by atoms with Crippen LogP contribution in [0.4, 0.5) is 4.79 Å². The first kappa shape index (κ1) is 32.8. The third-order valence-corrected chi connectivity index (χ3v) is 8.00. The number of rotatable bonds is 12. The molecule has 0 aromatic heterocycles. The maximum absolute atomic E-state index is 14.1. The van der Waals surface area contributed by atoms with E-state index in [4.69, 9.17) is 6.42 Å². The topological polar surface area (TPSA) is 114 Å². The summed E-state index contributed by atoms with van der Waals surface area (Å²) in [4.78, 5) is 56.2. The molecule has 1 unspecified atom stereocenters. The number of benzene rings is 2. The van der Waals surface area contributed by atoms with Crippen LogP contribution in [0.1, 0.15) is 36.8 Å². The van der Waals surface area contributed by atoms with E-state index in [0.29, 0.717) is 0 Å². The lowest BCUT2D eigenvalue weighted by Crippen LogP contribution is -2.76. The van der Waals surface area contributed by atoms with Gasteiger partial charge in [-0.15, -0.1) is 6.42 Å². The van der Waals surface area contributed by atoms with Crippen LogP contribution in [0.25, 0.3) is 0 Å². The summed E-state index contributed by atoms with van der Waals surface area (Å²) in [6, 6.07) is 17.6. The van der Waals surface area contributed by atoms with Gasteiger partial charge in [0, 0.05) is 25.4 Å². The van der Waals surface area contributed by atoms with Crippen molar-refractivity contribution >= 4 is 23.8 Å². The van der Waals surface area contributed by atoms with E-state index in [9.17, 15) is 24.3 Å². The minimum Gasteiger partial charge on any atom is -0.481 e. The predicted octanol–water partition coefficient (Wildman–Crippen LogP) is 3.76. The fraction of sp³-hybridized carbons (Fsp3) is 0.314. The SMILES string of the molecule is C#CCN1CC(=O)N2[C@@H](CCC(=O)O)C(=O)N(CC(C(/C=C\C=C)=C/C)c3ccccc3)C[C@@H]2N1C(=O)NCc1ccccc1. The minimum absolute atomic E-state index is 0.00964. The van der Waals surface area contributed by atoms with Crippen molar-refractivity contribution in [2.24, 2.45) is 0 Å². The Balaban J connectivity index is 1.73. The average molecular weight is 610 g/mol. The molecule has 234 valence electrons. The second kappa shape index (κ2) is 15.5. The third-order valence-electron chi connectivity index (χ3n) is 8.00. The Morgan fingerprint density at radius 1 is 1.13 bits per heavy atom. The van der Waals surface area contributed by atoms with E-state index in [1.165, 1.54) is 14.9 Å². The number of hydrogen-bond acceptors (Lipinski definition) is 5. The number of fused-ring (bicyclic) bond motifs is 1. The molecule has 3 atom stereocenters. The fourth-order valence-corrected chi connectivity index (χ4v) is 5.89. The molecule has 10 nitrogen and oxygen atoms in total. The second-order valence-corrected chi connectivity index (χ2v) is 10.8. The number of amides is 4. The van der Waals surface area contributed by atoms with Crippen LogP contribution in [0.2, 0.25) is 0 Å². The molecule has 2 heterocycles. The first-order valence-electron chi connectivity index (χ1n) is 14.9. The summed E-state index contributed by atoms with van der Waals surface area (Å²) in [5, 5.41) is 15.4. The van der Waals surface area contributed by atoms with Gasteiger partial charge in [-0.05, 0) is 30.0 Å². The largest absolute Gasteiger partial charge is 0.481 e. The molecular formula is C35H39N5O5. The summed E-state index contributed by atoms with van der Waals surface area (Å²) in [6.07, 6.45) is 11.8. The summed E-state index contributed by atoms with van der Waals surface area (Å²) >= 11 is 0. The van der Waals surface area contributed by atoms with Crippen molar-refractivity contribution in [3.8, 4) is 12.3 Å². The molecule has 2 N–H and O–H groups in total. The Kier molecular flexibility index (Phi) is 11.3. The second-order valence-electron chi connectivity index (χ2n) is 10.8. The number of hydrazine groups is 1. The normalized spacial score (nSPS) is 19.6. The number of nitrogens with zero attached hydrogens (tertiary/aromatic N) is 4. The van der Waals surface area contributed by atoms with Gasteiger partial charge in [-0.25, -0.2) is 9.80 Å². The van der Waals surface area contributed by atoms with Gasteiger partial charge in [0.25, 0.3) is 0 Å². The zero-order chi connectivity index (χ0) is 32.3. The number of carboxylic acid groups (broad SMARTS) is 1. The minimum atomic E-state index is -1.08. The van der Waals surface area contributed by atoms with Gasteiger partial charge in [0.1, 0.15) is 12.2 Å². The molecule has 0 bridgehead atoms. The van der Waals surface area contributed by atoms with Gasteiger partial charge in [-0.2, -0.15) is 5.01 Å². The van der Waals surface area contributed by atoms with Crippen molar-refractivity contribution in [2.45, 2.75) is 44.4 Å². The molecule has 0 aliphatic carbocycles. The van der Waals surface area contributed by atoms with Gasteiger partial charge < -0.3 is 20.2 Å². The van der Waals surface area contributed by atoms with Crippen LogP contribution >= 0.6 is 0 Å². The van der Waals surface area contributed by atoms with Crippen molar-refractivity contribution in [3.63, 3.8) is 0 Å². The lowest BCUT2D eigenvalue weighted by molar-refractivity contribution is -0.189. The smallest absolute Gasteiger partial charge is 0.334 e.